The summed E-state index contributed by atoms with van der Waals surface area (Å²) in [7, 11) is 5.25. The third-order valence-corrected chi connectivity index (χ3v) is 9.89. The van der Waals surface area contributed by atoms with Crippen LogP contribution in [0.3, 0.4) is 0 Å². The number of benzene rings is 1. The van der Waals surface area contributed by atoms with Crippen LogP contribution in [0.25, 0.3) is 16.9 Å². The average Bonchev–Trinajstić information content (AvgIpc) is 3.58. The fraction of sp³-hybridized carbons (Fsp3) is 0.448. The second-order valence-corrected chi connectivity index (χ2v) is 12.8. The Morgan fingerprint density at radius 2 is 1.82 bits per heavy atom. The summed E-state index contributed by atoms with van der Waals surface area (Å²) >= 11 is 1.57. The van der Waals surface area contributed by atoms with Gasteiger partial charge in [0.1, 0.15) is 17.3 Å². The van der Waals surface area contributed by atoms with Crippen LogP contribution < -0.4 is 4.90 Å². The van der Waals surface area contributed by atoms with Crippen LogP contribution in [0.5, 0.6) is 0 Å². The molecule has 0 amide bonds. The number of anilines is 2. The Bertz CT molecular complexity index is 1430. The molecule has 0 saturated carbocycles. The van der Waals surface area contributed by atoms with E-state index in [4.69, 9.17) is 9.97 Å². The van der Waals surface area contributed by atoms with Crippen LogP contribution >= 0.6 is 11.3 Å². The number of imidazole rings is 1. The number of pyridine rings is 1. The van der Waals surface area contributed by atoms with Gasteiger partial charge in [0.2, 0.25) is 0 Å². The first-order chi connectivity index (χ1) is 18.8. The van der Waals surface area contributed by atoms with Gasteiger partial charge in [-0.3, -0.25) is 4.40 Å². The summed E-state index contributed by atoms with van der Waals surface area (Å²) in [5.74, 6) is 1.94. The van der Waals surface area contributed by atoms with E-state index in [0.29, 0.717) is 5.92 Å². The number of hydrogen-bond acceptors (Lipinski definition) is 6. The second kappa shape index (κ2) is 12.2. The number of nitrogens with zero attached hydrogens (tertiary/aromatic N) is 6. The van der Waals surface area contributed by atoms with Crippen molar-refractivity contribution in [1.29, 1.82) is 0 Å². The van der Waals surface area contributed by atoms with Crippen molar-refractivity contribution in [2.75, 3.05) is 51.4 Å². The average molecular weight is 569 g/mol. The van der Waals surface area contributed by atoms with Crippen molar-refractivity contribution < 1.29 is 8.60 Å². The van der Waals surface area contributed by atoms with Gasteiger partial charge in [-0.25, -0.2) is 22.9 Å². The third kappa shape index (κ3) is 6.24. The van der Waals surface area contributed by atoms with Crippen LogP contribution in [0.2, 0.25) is 0 Å². The van der Waals surface area contributed by atoms with E-state index in [9.17, 15) is 8.60 Å². The maximum absolute atomic E-state index is 13.4. The molecule has 1 saturated heterocycles. The highest BCUT2D eigenvalue weighted by Crippen LogP contribution is 2.35. The molecule has 0 bridgehead atoms. The summed E-state index contributed by atoms with van der Waals surface area (Å²) in [5, 5.41) is 2.87. The Hall–Kier alpha value is -2.66. The second-order valence-electron chi connectivity index (χ2n) is 10.4. The van der Waals surface area contributed by atoms with Crippen LogP contribution in [-0.4, -0.2) is 74.3 Å². The van der Waals surface area contributed by atoms with Gasteiger partial charge in [-0.1, -0.05) is 13.0 Å². The number of aromatic nitrogens is 3. The van der Waals surface area contributed by atoms with Crippen LogP contribution in [0, 0.1) is 5.82 Å². The number of thiazole rings is 1. The minimum absolute atomic E-state index is 0.251. The molecule has 4 aromatic rings. The minimum atomic E-state index is -0.898. The zero-order valence-corrected chi connectivity index (χ0v) is 24.8. The topological polar surface area (TPSA) is 57.0 Å². The van der Waals surface area contributed by atoms with Crippen molar-refractivity contribution in [2.24, 2.45) is 0 Å². The summed E-state index contributed by atoms with van der Waals surface area (Å²) < 4.78 is 30.5. The summed E-state index contributed by atoms with van der Waals surface area (Å²) in [4.78, 5) is 14.0. The molecule has 1 unspecified atom stereocenters. The van der Waals surface area contributed by atoms with Crippen LogP contribution in [0.15, 0.2) is 48.0 Å². The number of hydrogen-bond donors (Lipinski definition) is 0. The first-order valence-electron chi connectivity index (χ1n) is 13.6. The van der Waals surface area contributed by atoms with E-state index < -0.39 is 11.0 Å². The molecular weight excluding hydrogens is 531 g/mol. The van der Waals surface area contributed by atoms with Gasteiger partial charge in [-0.05, 0) is 88.1 Å². The predicted molar refractivity (Wildman–Crippen MR) is 160 cm³/mol. The molecule has 1 fully saturated rings. The molecule has 1 atom stereocenters. The monoisotopic (exact) mass is 568 g/mol. The van der Waals surface area contributed by atoms with E-state index in [0.717, 1.165) is 84.6 Å². The predicted octanol–water partition coefficient (Wildman–Crippen LogP) is 5.72. The van der Waals surface area contributed by atoms with Crippen molar-refractivity contribution in [3.8, 4) is 11.3 Å². The zero-order chi connectivity index (χ0) is 27.5. The molecule has 0 aliphatic carbocycles. The van der Waals surface area contributed by atoms with E-state index in [2.05, 4.69) is 57.9 Å². The summed E-state index contributed by atoms with van der Waals surface area (Å²) in [5.41, 5.74) is 4.97. The largest absolute Gasteiger partial charge is 0.309 e. The van der Waals surface area contributed by atoms with Gasteiger partial charge in [0, 0.05) is 43.0 Å². The minimum Gasteiger partial charge on any atom is -0.309 e. The summed E-state index contributed by atoms with van der Waals surface area (Å²) in [6.45, 7) is 4.82. The highest BCUT2D eigenvalue weighted by molar-refractivity contribution is 7.82. The molecule has 0 N–H and O–H groups in total. The van der Waals surface area contributed by atoms with E-state index in [-0.39, 0.29) is 5.82 Å². The number of rotatable bonds is 10. The number of piperidine rings is 1. The van der Waals surface area contributed by atoms with Crippen molar-refractivity contribution in [3.05, 3.63) is 65.0 Å². The molecule has 0 spiro atoms. The normalized spacial score (nSPS) is 15.8. The number of aryl methyl sites for hydroxylation is 1. The van der Waals surface area contributed by atoms with Gasteiger partial charge in [-0.2, -0.15) is 0 Å². The first kappa shape index (κ1) is 27.9. The number of fused-ring (bicyclic) bond motifs is 1. The summed E-state index contributed by atoms with van der Waals surface area (Å²) in [6, 6.07) is 10.8. The van der Waals surface area contributed by atoms with Gasteiger partial charge in [0.15, 0.2) is 5.13 Å². The molecule has 1 aromatic carbocycles. The van der Waals surface area contributed by atoms with Crippen molar-refractivity contribution >= 4 is 38.9 Å². The highest BCUT2D eigenvalue weighted by Gasteiger charge is 2.25. The van der Waals surface area contributed by atoms with Crippen molar-refractivity contribution in [2.45, 2.75) is 38.5 Å². The maximum atomic E-state index is 13.4. The van der Waals surface area contributed by atoms with Gasteiger partial charge < -0.3 is 9.80 Å². The molecule has 7 nitrogen and oxygen atoms in total. The summed E-state index contributed by atoms with van der Waals surface area (Å²) in [6.07, 6.45) is 6.00. The van der Waals surface area contributed by atoms with E-state index >= 15 is 0 Å². The number of halogens is 1. The highest BCUT2D eigenvalue weighted by atomic mass is 32.2. The molecule has 208 valence electrons. The smallest absolute Gasteiger partial charge is 0.191 e. The van der Waals surface area contributed by atoms with Crippen LogP contribution in [0.4, 0.5) is 15.3 Å². The lowest BCUT2D eigenvalue weighted by Crippen LogP contribution is -2.36. The van der Waals surface area contributed by atoms with Crippen LogP contribution in [0.1, 0.15) is 43.4 Å². The van der Waals surface area contributed by atoms with E-state index in [1.54, 1.807) is 23.5 Å². The fourth-order valence-electron chi connectivity index (χ4n) is 5.22. The molecule has 1 aliphatic heterocycles. The quantitative estimate of drug-likeness (QED) is 0.245. The molecule has 10 heteroatoms. The van der Waals surface area contributed by atoms with Crippen LogP contribution in [-0.2, 0) is 17.4 Å². The fourth-order valence-corrected chi connectivity index (χ4v) is 7.27. The molecule has 0 radical (unpaired) electrons. The van der Waals surface area contributed by atoms with Gasteiger partial charge >= 0.3 is 0 Å². The van der Waals surface area contributed by atoms with E-state index in [1.807, 2.05) is 12.4 Å². The Balaban J connectivity index is 1.34. The molecule has 3 aromatic heterocycles. The Morgan fingerprint density at radius 1 is 1.08 bits per heavy atom. The SMILES string of the molecule is CCc1nc2ccc(C3CCN(S(=O)CCCN(C)C)CC3)cn2c1N(C)c1nc(-c2ccc(F)cc2)cs1. The Labute approximate surface area is 236 Å². The standard InChI is InChI=1S/C29H37FN6OS2/c1-5-25-28(34(4)29-32-26(20-38-29)22-7-10-24(30)11-8-22)36-19-23(9-12-27(36)31-25)21-13-16-35(17-14-21)39(37)18-6-15-33(2)3/h7-12,19-21H,5-6,13-18H2,1-4H3. The van der Waals surface area contributed by atoms with Crippen molar-refractivity contribution in [1.82, 2.24) is 23.6 Å². The lowest BCUT2D eigenvalue weighted by molar-refractivity contribution is 0.332. The van der Waals surface area contributed by atoms with Gasteiger partial charge in [0.05, 0.1) is 22.4 Å². The Morgan fingerprint density at radius 3 is 2.51 bits per heavy atom. The van der Waals surface area contributed by atoms with Gasteiger partial charge in [0.25, 0.3) is 0 Å². The first-order valence-corrected chi connectivity index (χ1v) is 15.7. The van der Waals surface area contributed by atoms with Gasteiger partial charge in [-0.15, -0.1) is 11.3 Å². The zero-order valence-electron chi connectivity index (χ0n) is 23.1. The maximum Gasteiger partial charge on any atom is 0.191 e. The lowest BCUT2D eigenvalue weighted by atomic mass is 9.91. The van der Waals surface area contributed by atoms with E-state index in [1.165, 1.54) is 17.7 Å². The molecule has 5 rings (SSSR count). The molecule has 39 heavy (non-hydrogen) atoms. The Kier molecular flexibility index (Phi) is 8.76. The molecule has 1 aliphatic rings. The third-order valence-electron chi connectivity index (χ3n) is 7.39. The lowest BCUT2D eigenvalue weighted by Gasteiger charge is -2.31. The van der Waals surface area contributed by atoms with Crippen molar-refractivity contribution in [3.63, 3.8) is 0 Å². The molecular formula is C29H37FN6OS2. The molecule has 4 heterocycles.